The lowest BCUT2D eigenvalue weighted by Gasteiger charge is -2.40. The summed E-state index contributed by atoms with van der Waals surface area (Å²) in [6.07, 6.45) is -10.9. The van der Waals surface area contributed by atoms with E-state index < -0.39 is 74.1 Å². The van der Waals surface area contributed by atoms with E-state index in [2.05, 4.69) is 0 Å². The standard InChI is InChI=1S/C20H24O13/c21-6-20(28)7-30-19(17(20)27)29-5-12-14(24)15(25)16(26)18(33-12)32-11-4-10-8(3-9(11)22)1-2-13(23)31-10/h1-4,12,14-19,21-22,24-28H,5-7H2. The van der Waals surface area contributed by atoms with Gasteiger partial charge in [0.05, 0.1) is 19.8 Å². The molecule has 0 aliphatic carbocycles. The minimum atomic E-state index is -1.92. The summed E-state index contributed by atoms with van der Waals surface area (Å²) in [7, 11) is 0. The summed E-state index contributed by atoms with van der Waals surface area (Å²) in [6.45, 7) is -1.63. The number of hydrogen-bond donors (Lipinski definition) is 7. The molecule has 2 fully saturated rings. The summed E-state index contributed by atoms with van der Waals surface area (Å²) in [6, 6.07) is 5.06. The molecule has 182 valence electrons. The molecule has 8 atom stereocenters. The highest BCUT2D eigenvalue weighted by Crippen LogP contribution is 2.34. The van der Waals surface area contributed by atoms with Gasteiger partial charge in [0.15, 0.2) is 17.8 Å². The number of hydrogen-bond acceptors (Lipinski definition) is 13. The summed E-state index contributed by atoms with van der Waals surface area (Å²) < 4.78 is 26.4. The maximum atomic E-state index is 11.4. The van der Waals surface area contributed by atoms with E-state index in [9.17, 15) is 40.5 Å². The van der Waals surface area contributed by atoms with Crippen LogP contribution in [0.3, 0.4) is 0 Å². The van der Waals surface area contributed by atoms with Crippen LogP contribution in [0.5, 0.6) is 11.5 Å². The SMILES string of the molecule is O=c1ccc2cc(O)c(OC3OC(COC4OCC(O)(CO)C4O)C(O)C(O)C3O)cc2o1. The number of fused-ring (bicyclic) bond motifs is 1. The first-order valence-corrected chi connectivity index (χ1v) is 10.0. The Kier molecular flexibility index (Phi) is 6.59. The molecule has 33 heavy (non-hydrogen) atoms. The van der Waals surface area contributed by atoms with Crippen LogP contribution >= 0.6 is 0 Å². The van der Waals surface area contributed by atoms with Crippen molar-refractivity contribution in [1.82, 2.24) is 0 Å². The molecular weight excluding hydrogens is 448 g/mol. The van der Waals surface area contributed by atoms with E-state index in [-0.39, 0.29) is 17.1 Å². The number of phenols is 1. The molecule has 0 bridgehead atoms. The fourth-order valence-corrected chi connectivity index (χ4v) is 3.58. The van der Waals surface area contributed by atoms with E-state index >= 15 is 0 Å². The summed E-state index contributed by atoms with van der Waals surface area (Å²) in [5.74, 6) is -0.599. The molecule has 1 aromatic heterocycles. The van der Waals surface area contributed by atoms with Crippen LogP contribution in [0, 0.1) is 0 Å². The average molecular weight is 472 g/mol. The maximum Gasteiger partial charge on any atom is 0.336 e. The van der Waals surface area contributed by atoms with Gasteiger partial charge in [0.1, 0.15) is 41.7 Å². The van der Waals surface area contributed by atoms with Gasteiger partial charge in [-0.3, -0.25) is 0 Å². The van der Waals surface area contributed by atoms with Crippen LogP contribution in [0.4, 0.5) is 0 Å². The molecule has 13 heteroatoms. The van der Waals surface area contributed by atoms with Crippen LogP contribution < -0.4 is 10.4 Å². The zero-order valence-electron chi connectivity index (χ0n) is 17.1. The van der Waals surface area contributed by atoms with Crippen LogP contribution in [0.2, 0.25) is 0 Å². The highest BCUT2D eigenvalue weighted by molar-refractivity contribution is 5.80. The topological polar surface area (TPSA) is 209 Å². The summed E-state index contributed by atoms with van der Waals surface area (Å²) in [5, 5.41) is 70.6. The van der Waals surface area contributed by atoms with Crippen LogP contribution in [-0.2, 0) is 14.2 Å². The monoisotopic (exact) mass is 472 g/mol. The third kappa shape index (κ3) is 4.55. The van der Waals surface area contributed by atoms with Gasteiger partial charge in [-0.25, -0.2) is 4.79 Å². The predicted molar refractivity (Wildman–Crippen MR) is 105 cm³/mol. The molecule has 2 aromatic rings. The number of aromatic hydroxyl groups is 1. The second kappa shape index (κ2) is 9.13. The molecule has 2 aliphatic rings. The fraction of sp³-hybridized carbons (Fsp3) is 0.550. The maximum absolute atomic E-state index is 11.4. The molecule has 0 spiro atoms. The highest BCUT2D eigenvalue weighted by Gasteiger charge is 2.50. The van der Waals surface area contributed by atoms with Crippen molar-refractivity contribution in [1.29, 1.82) is 0 Å². The lowest BCUT2D eigenvalue weighted by atomic mass is 9.99. The van der Waals surface area contributed by atoms with Gasteiger partial charge in [-0.15, -0.1) is 0 Å². The average Bonchev–Trinajstić information content (AvgIpc) is 3.08. The molecular formula is C20H24O13. The molecule has 7 N–H and O–H groups in total. The minimum absolute atomic E-state index is 0.0878. The van der Waals surface area contributed by atoms with Crippen molar-refractivity contribution in [2.75, 3.05) is 19.8 Å². The second-order valence-electron chi connectivity index (χ2n) is 7.96. The van der Waals surface area contributed by atoms with Crippen LogP contribution in [-0.4, -0.2) is 104 Å². The molecule has 0 radical (unpaired) electrons. The molecule has 2 saturated heterocycles. The van der Waals surface area contributed by atoms with Crippen molar-refractivity contribution in [3.63, 3.8) is 0 Å². The van der Waals surface area contributed by atoms with Gasteiger partial charge >= 0.3 is 5.63 Å². The second-order valence-corrected chi connectivity index (χ2v) is 7.96. The lowest BCUT2D eigenvalue weighted by molar-refractivity contribution is -0.289. The quantitative estimate of drug-likeness (QED) is 0.211. The zero-order valence-corrected chi connectivity index (χ0v) is 17.1. The van der Waals surface area contributed by atoms with E-state index in [0.29, 0.717) is 5.39 Å². The van der Waals surface area contributed by atoms with Crippen molar-refractivity contribution in [2.45, 2.75) is 48.7 Å². The van der Waals surface area contributed by atoms with Crippen molar-refractivity contribution in [3.05, 3.63) is 34.7 Å². The minimum Gasteiger partial charge on any atom is -0.504 e. The Balaban J connectivity index is 1.47. The van der Waals surface area contributed by atoms with E-state index in [4.69, 9.17) is 23.4 Å². The van der Waals surface area contributed by atoms with E-state index in [0.717, 1.165) is 0 Å². The fourth-order valence-electron chi connectivity index (χ4n) is 3.58. The molecule has 0 saturated carbocycles. The first-order valence-electron chi connectivity index (χ1n) is 10.0. The van der Waals surface area contributed by atoms with Crippen LogP contribution in [0.25, 0.3) is 11.0 Å². The zero-order chi connectivity index (χ0) is 23.9. The molecule has 13 nitrogen and oxygen atoms in total. The summed E-state index contributed by atoms with van der Waals surface area (Å²) >= 11 is 0. The predicted octanol–water partition coefficient (Wildman–Crippen LogP) is -2.86. The van der Waals surface area contributed by atoms with Crippen molar-refractivity contribution < 1.29 is 59.1 Å². The molecule has 1 aromatic carbocycles. The Morgan fingerprint density at radius 2 is 1.82 bits per heavy atom. The molecule has 0 amide bonds. The van der Waals surface area contributed by atoms with E-state index in [1.165, 1.54) is 24.3 Å². The Bertz CT molecular complexity index is 1040. The van der Waals surface area contributed by atoms with Gasteiger partial charge in [-0.2, -0.15) is 0 Å². The van der Waals surface area contributed by atoms with Crippen LogP contribution in [0.15, 0.2) is 33.5 Å². The largest absolute Gasteiger partial charge is 0.504 e. The number of aliphatic hydroxyl groups is 6. The Hall–Kier alpha value is -2.33. The highest BCUT2D eigenvalue weighted by atomic mass is 16.7. The van der Waals surface area contributed by atoms with Gasteiger partial charge in [0.25, 0.3) is 0 Å². The van der Waals surface area contributed by atoms with Gasteiger partial charge in [-0.05, 0) is 12.1 Å². The van der Waals surface area contributed by atoms with Gasteiger partial charge in [-0.1, -0.05) is 0 Å². The normalized spacial score (nSPS) is 36.8. The third-order valence-electron chi connectivity index (χ3n) is 5.62. The molecule has 3 heterocycles. The third-order valence-corrected chi connectivity index (χ3v) is 5.62. The smallest absolute Gasteiger partial charge is 0.336 e. The van der Waals surface area contributed by atoms with Crippen molar-refractivity contribution in [2.24, 2.45) is 0 Å². The van der Waals surface area contributed by atoms with Gasteiger partial charge in [0, 0.05) is 17.5 Å². The number of ether oxygens (including phenoxy) is 4. The Labute approximate surface area is 185 Å². The van der Waals surface area contributed by atoms with Gasteiger partial charge in [0.2, 0.25) is 6.29 Å². The molecule has 8 unspecified atom stereocenters. The van der Waals surface area contributed by atoms with E-state index in [1.807, 2.05) is 0 Å². The number of phenolic OH excluding ortho intramolecular Hbond substituents is 1. The first-order chi connectivity index (χ1) is 15.6. The summed E-state index contributed by atoms with van der Waals surface area (Å²) in [5.41, 5.74) is -2.46. The number of benzene rings is 1. The Morgan fingerprint density at radius 1 is 1.06 bits per heavy atom. The van der Waals surface area contributed by atoms with E-state index in [1.54, 1.807) is 0 Å². The lowest BCUT2D eigenvalue weighted by Crippen LogP contribution is -2.60. The molecule has 2 aliphatic heterocycles. The number of aliphatic hydroxyl groups excluding tert-OH is 5. The molecule has 4 rings (SSSR count). The van der Waals surface area contributed by atoms with Crippen molar-refractivity contribution in [3.8, 4) is 11.5 Å². The van der Waals surface area contributed by atoms with Gasteiger partial charge < -0.3 is 59.1 Å². The first kappa shape index (κ1) is 23.8. The summed E-state index contributed by atoms with van der Waals surface area (Å²) in [4.78, 5) is 11.4. The van der Waals surface area contributed by atoms with Crippen molar-refractivity contribution >= 4 is 11.0 Å². The van der Waals surface area contributed by atoms with Crippen LogP contribution in [0.1, 0.15) is 0 Å². The number of rotatable bonds is 6. The Morgan fingerprint density at radius 3 is 2.52 bits per heavy atom.